The van der Waals surface area contributed by atoms with Crippen LogP contribution in [0, 0.1) is 5.82 Å². The van der Waals surface area contributed by atoms with Gasteiger partial charge in [0.15, 0.2) is 0 Å². The number of benzene rings is 1. The van der Waals surface area contributed by atoms with Crippen molar-refractivity contribution >= 4 is 11.6 Å². The van der Waals surface area contributed by atoms with Crippen LogP contribution in [0.3, 0.4) is 0 Å². The van der Waals surface area contributed by atoms with Crippen molar-refractivity contribution in [2.24, 2.45) is 0 Å². The average molecular weight is 274 g/mol. The number of rotatable bonds is 4. The van der Waals surface area contributed by atoms with Crippen molar-refractivity contribution in [3.05, 3.63) is 64.3 Å². The third-order valence-corrected chi connectivity index (χ3v) is 2.91. The summed E-state index contributed by atoms with van der Waals surface area (Å²) in [7, 11) is 0. The summed E-state index contributed by atoms with van der Waals surface area (Å²) in [5.74, 6) is -0.924. The number of pyridine rings is 1. The van der Waals surface area contributed by atoms with Gasteiger partial charge in [0, 0.05) is 18.0 Å². The largest absolute Gasteiger partial charge is 0.325 e. The number of halogens is 1. The van der Waals surface area contributed by atoms with Crippen LogP contribution < -0.4 is 10.9 Å². The Morgan fingerprint density at radius 2 is 1.90 bits per heavy atom. The van der Waals surface area contributed by atoms with E-state index in [1.54, 1.807) is 12.1 Å². The van der Waals surface area contributed by atoms with E-state index in [9.17, 15) is 14.0 Å². The van der Waals surface area contributed by atoms with Crippen LogP contribution in [-0.4, -0.2) is 10.5 Å². The van der Waals surface area contributed by atoms with E-state index in [2.05, 4.69) is 5.32 Å². The molecular weight excluding hydrogens is 259 g/mol. The molecule has 104 valence electrons. The van der Waals surface area contributed by atoms with Crippen molar-refractivity contribution in [1.29, 1.82) is 0 Å². The standard InChI is InChI=1S/C15H15FN2O2/c1-2-11-3-6-13(7-4-11)17-14(19)10-18-9-12(16)5-8-15(18)20/h3-9H,2,10H2,1H3,(H,17,19). The lowest BCUT2D eigenvalue weighted by Crippen LogP contribution is -2.27. The van der Waals surface area contributed by atoms with Gasteiger partial charge in [-0.25, -0.2) is 4.39 Å². The van der Waals surface area contributed by atoms with Gasteiger partial charge in [-0.05, 0) is 30.2 Å². The van der Waals surface area contributed by atoms with E-state index in [0.29, 0.717) is 5.69 Å². The average Bonchev–Trinajstić information content (AvgIpc) is 2.43. The molecule has 0 unspecified atom stereocenters. The van der Waals surface area contributed by atoms with Crippen molar-refractivity contribution < 1.29 is 9.18 Å². The van der Waals surface area contributed by atoms with E-state index in [1.807, 2.05) is 19.1 Å². The Labute approximate surface area is 115 Å². The molecule has 0 aliphatic rings. The minimum absolute atomic E-state index is 0.216. The molecule has 0 atom stereocenters. The summed E-state index contributed by atoms with van der Waals surface area (Å²) >= 11 is 0. The monoisotopic (exact) mass is 274 g/mol. The van der Waals surface area contributed by atoms with E-state index in [-0.39, 0.29) is 12.5 Å². The predicted molar refractivity (Wildman–Crippen MR) is 75.1 cm³/mol. The van der Waals surface area contributed by atoms with Gasteiger partial charge in [0.05, 0.1) is 0 Å². The highest BCUT2D eigenvalue weighted by molar-refractivity contribution is 5.90. The normalized spacial score (nSPS) is 10.3. The molecule has 4 nitrogen and oxygen atoms in total. The van der Waals surface area contributed by atoms with Gasteiger partial charge < -0.3 is 9.88 Å². The van der Waals surface area contributed by atoms with Gasteiger partial charge in [-0.3, -0.25) is 9.59 Å². The van der Waals surface area contributed by atoms with Crippen LogP contribution in [0.5, 0.6) is 0 Å². The zero-order valence-electron chi connectivity index (χ0n) is 11.1. The van der Waals surface area contributed by atoms with E-state index in [1.165, 1.54) is 5.56 Å². The molecule has 1 N–H and O–H groups in total. The molecule has 1 aromatic carbocycles. The van der Waals surface area contributed by atoms with Crippen LogP contribution in [0.25, 0.3) is 0 Å². The van der Waals surface area contributed by atoms with E-state index in [0.717, 1.165) is 29.3 Å². The smallest absolute Gasteiger partial charge is 0.251 e. The second kappa shape index (κ2) is 6.14. The fraction of sp³-hybridized carbons (Fsp3) is 0.200. The number of hydrogen-bond donors (Lipinski definition) is 1. The Morgan fingerprint density at radius 3 is 2.55 bits per heavy atom. The van der Waals surface area contributed by atoms with Gasteiger partial charge in [-0.1, -0.05) is 19.1 Å². The molecule has 1 amide bonds. The highest BCUT2D eigenvalue weighted by atomic mass is 19.1. The molecule has 0 saturated carbocycles. The highest BCUT2D eigenvalue weighted by Gasteiger charge is 2.06. The topological polar surface area (TPSA) is 51.1 Å². The van der Waals surface area contributed by atoms with Gasteiger partial charge in [0.2, 0.25) is 5.91 Å². The number of hydrogen-bond acceptors (Lipinski definition) is 2. The fourth-order valence-electron chi connectivity index (χ4n) is 1.80. The molecule has 0 bridgehead atoms. The summed E-state index contributed by atoms with van der Waals surface area (Å²) in [5, 5.41) is 2.67. The number of anilines is 1. The molecule has 0 fully saturated rings. The van der Waals surface area contributed by atoms with E-state index < -0.39 is 11.4 Å². The lowest BCUT2D eigenvalue weighted by molar-refractivity contribution is -0.116. The molecule has 5 heteroatoms. The summed E-state index contributed by atoms with van der Waals surface area (Å²) in [4.78, 5) is 23.3. The molecule has 0 radical (unpaired) electrons. The third kappa shape index (κ3) is 3.54. The van der Waals surface area contributed by atoms with E-state index >= 15 is 0 Å². The Balaban J connectivity index is 2.04. The molecule has 2 rings (SSSR count). The quantitative estimate of drug-likeness (QED) is 0.929. The number of nitrogens with zero attached hydrogens (tertiary/aromatic N) is 1. The minimum atomic E-state index is -0.551. The fourth-order valence-corrected chi connectivity index (χ4v) is 1.80. The van der Waals surface area contributed by atoms with Crippen molar-refractivity contribution in [3.8, 4) is 0 Å². The molecule has 2 aromatic rings. The molecule has 1 aromatic heterocycles. The summed E-state index contributed by atoms with van der Waals surface area (Å²) in [6, 6.07) is 9.60. The first-order valence-electron chi connectivity index (χ1n) is 6.33. The summed E-state index contributed by atoms with van der Waals surface area (Å²) in [6.45, 7) is 1.83. The predicted octanol–water partition coefficient (Wildman–Crippen LogP) is 2.19. The summed E-state index contributed by atoms with van der Waals surface area (Å²) in [5.41, 5.74) is 1.41. The Hall–Kier alpha value is -2.43. The summed E-state index contributed by atoms with van der Waals surface area (Å²) in [6.07, 6.45) is 1.94. The first kappa shape index (κ1) is 14.0. The Kier molecular flexibility index (Phi) is 4.30. The molecule has 0 aliphatic heterocycles. The number of aryl methyl sites for hydroxylation is 1. The van der Waals surface area contributed by atoms with Crippen LogP contribution in [0.4, 0.5) is 10.1 Å². The number of carbonyl (C=O) groups is 1. The van der Waals surface area contributed by atoms with Crippen LogP contribution in [0.15, 0.2) is 47.4 Å². The van der Waals surface area contributed by atoms with Gasteiger partial charge in [0.25, 0.3) is 5.56 Å². The van der Waals surface area contributed by atoms with Crippen molar-refractivity contribution in [1.82, 2.24) is 4.57 Å². The maximum atomic E-state index is 13.0. The van der Waals surface area contributed by atoms with Gasteiger partial charge in [-0.15, -0.1) is 0 Å². The lowest BCUT2D eigenvalue weighted by Gasteiger charge is -2.08. The number of amides is 1. The van der Waals surface area contributed by atoms with Gasteiger partial charge >= 0.3 is 0 Å². The number of nitrogens with one attached hydrogen (secondary N) is 1. The zero-order valence-corrected chi connectivity index (χ0v) is 11.1. The SMILES string of the molecule is CCc1ccc(NC(=O)Cn2cc(F)ccc2=O)cc1. The number of aromatic nitrogens is 1. The van der Waals surface area contributed by atoms with Crippen molar-refractivity contribution in [2.75, 3.05) is 5.32 Å². The lowest BCUT2D eigenvalue weighted by atomic mass is 10.1. The molecule has 1 heterocycles. The maximum absolute atomic E-state index is 13.0. The van der Waals surface area contributed by atoms with Crippen molar-refractivity contribution in [3.63, 3.8) is 0 Å². The molecular formula is C15H15FN2O2. The van der Waals surface area contributed by atoms with Crippen LogP contribution in [-0.2, 0) is 17.8 Å². The second-order valence-electron chi connectivity index (χ2n) is 4.41. The minimum Gasteiger partial charge on any atom is -0.325 e. The Bertz CT molecular complexity index is 662. The molecule has 0 spiro atoms. The first-order valence-corrected chi connectivity index (χ1v) is 6.33. The zero-order chi connectivity index (χ0) is 14.5. The van der Waals surface area contributed by atoms with Crippen LogP contribution >= 0.6 is 0 Å². The van der Waals surface area contributed by atoms with E-state index in [4.69, 9.17) is 0 Å². The van der Waals surface area contributed by atoms with Crippen molar-refractivity contribution in [2.45, 2.75) is 19.9 Å². The van der Waals surface area contributed by atoms with Crippen LogP contribution in [0.2, 0.25) is 0 Å². The molecule has 20 heavy (non-hydrogen) atoms. The second-order valence-corrected chi connectivity index (χ2v) is 4.41. The van der Waals surface area contributed by atoms with Gasteiger partial charge in [0.1, 0.15) is 12.4 Å². The maximum Gasteiger partial charge on any atom is 0.251 e. The third-order valence-electron chi connectivity index (χ3n) is 2.91. The summed E-state index contributed by atoms with van der Waals surface area (Å²) < 4.78 is 14.0. The first-order chi connectivity index (χ1) is 9.58. The highest BCUT2D eigenvalue weighted by Crippen LogP contribution is 2.09. The van der Waals surface area contributed by atoms with Gasteiger partial charge in [-0.2, -0.15) is 0 Å². The van der Waals surface area contributed by atoms with Crippen LogP contribution in [0.1, 0.15) is 12.5 Å². The molecule has 0 saturated heterocycles. The Morgan fingerprint density at radius 1 is 1.20 bits per heavy atom. The molecule has 0 aliphatic carbocycles. The number of carbonyl (C=O) groups excluding carboxylic acids is 1.